The second kappa shape index (κ2) is 7.67. The molecule has 3 N–H and O–H groups in total. The number of nitrogens with zero attached hydrogens (tertiary/aromatic N) is 1. The quantitative estimate of drug-likeness (QED) is 0.673. The highest BCUT2D eigenvalue weighted by Gasteiger charge is 2.18. The van der Waals surface area contributed by atoms with E-state index in [0.29, 0.717) is 13.0 Å². The summed E-state index contributed by atoms with van der Waals surface area (Å²) >= 11 is 0. The highest BCUT2D eigenvalue weighted by atomic mass is 16.1. The van der Waals surface area contributed by atoms with Gasteiger partial charge in [0.15, 0.2) is 0 Å². The van der Waals surface area contributed by atoms with Crippen molar-refractivity contribution < 1.29 is 4.79 Å². The van der Waals surface area contributed by atoms with Crippen LogP contribution in [0, 0.1) is 5.41 Å². The van der Waals surface area contributed by atoms with E-state index in [0.717, 1.165) is 19.4 Å². The second-order valence-electron chi connectivity index (χ2n) is 5.93. The van der Waals surface area contributed by atoms with Crippen LogP contribution in [0.2, 0.25) is 0 Å². The van der Waals surface area contributed by atoms with Crippen LogP contribution in [0.4, 0.5) is 0 Å². The van der Waals surface area contributed by atoms with E-state index in [2.05, 4.69) is 24.1 Å². The average Bonchev–Trinajstić information content (AvgIpc) is 2.13. The van der Waals surface area contributed by atoms with Gasteiger partial charge in [0, 0.05) is 19.0 Å². The Labute approximate surface area is 106 Å². The summed E-state index contributed by atoms with van der Waals surface area (Å²) in [5, 5.41) is 3.01. The first-order valence-corrected chi connectivity index (χ1v) is 6.41. The van der Waals surface area contributed by atoms with E-state index >= 15 is 0 Å². The van der Waals surface area contributed by atoms with Crippen molar-refractivity contribution in [2.45, 2.75) is 46.1 Å². The Morgan fingerprint density at radius 1 is 1.35 bits per heavy atom. The molecule has 0 bridgehead atoms. The molecule has 1 amide bonds. The summed E-state index contributed by atoms with van der Waals surface area (Å²) in [5.41, 5.74) is 5.71. The van der Waals surface area contributed by atoms with Crippen LogP contribution in [-0.4, -0.2) is 44.0 Å². The van der Waals surface area contributed by atoms with E-state index in [4.69, 9.17) is 5.73 Å². The highest BCUT2D eigenvalue weighted by molar-refractivity contribution is 5.76. The van der Waals surface area contributed by atoms with Gasteiger partial charge in [-0.1, -0.05) is 13.8 Å². The van der Waals surface area contributed by atoms with Crippen molar-refractivity contribution in [1.82, 2.24) is 10.2 Å². The maximum Gasteiger partial charge on any atom is 0.220 e. The molecule has 1 unspecified atom stereocenters. The Morgan fingerprint density at radius 3 is 2.41 bits per heavy atom. The molecule has 17 heavy (non-hydrogen) atoms. The standard InChI is InChI=1S/C13H29N3O/c1-11(10-16(4)5)15-12(17)6-7-13(2,3)8-9-14/h11H,6-10,14H2,1-5H3,(H,15,17). The molecule has 0 rings (SSSR count). The minimum absolute atomic E-state index is 0.143. The van der Waals surface area contributed by atoms with Gasteiger partial charge in [-0.25, -0.2) is 0 Å². The van der Waals surface area contributed by atoms with Crippen molar-refractivity contribution in [3.8, 4) is 0 Å². The molecule has 0 aliphatic carbocycles. The summed E-state index contributed by atoms with van der Waals surface area (Å²) in [4.78, 5) is 13.8. The number of rotatable bonds is 8. The van der Waals surface area contributed by atoms with E-state index in [-0.39, 0.29) is 17.4 Å². The fourth-order valence-corrected chi connectivity index (χ4v) is 1.91. The molecule has 0 aromatic heterocycles. The number of carbonyl (C=O) groups excluding carboxylic acids is 1. The lowest BCUT2D eigenvalue weighted by Gasteiger charge is -2.24. The van der Waals surface area contributed by atoms with Crippen LogP contribution in [-0.2, 0) is 4.79 Å². The number of nitrogens with one attached hydrogen (secondary N) is 1. The molecule has 0 radical (unpaired) electrons. The summed E-state index contributed by atoms with van der Waals surface area (Å²) in [6.07, 6.45) is 2.45. The summed E-state index contributed by atoms with van der Waals surface area (Å²) in [7, 11) is 4.01. The van der Waals surface area contributed by atoms with Crippen molar-refractivity contribution in [1.29, 1.82) is 0 Å². The van der Waals surface area contributed by atoms with Crippen molar-refractivity contribution in [2.75, 3.05) is 27.2 Å². The van der Waals surface area contributed by atoms with Gasteiger partial charge in [-0.15, -0.1) is 0 Å². The summed E-state index contributed by atoms with van der Waals surface area (Å²) in [6, 6.07) is 0.204. The van der Waals surface area contributed by atoms with E-state index in [1.165, 1.54) is 0 Å². The molecule has 4 nitrogen and oxygen atoms in total. The van der Waals surface area contributed by atoms with Crippen LogP contribution in [0.5, 0.6) is 0 Å². The van der Waals surface area contributed by atoms with E-state index in [9.17, 15) is 4.79 Å². The molecule has 0 spiro atoms. The maximum atomic E-state index is 11.7. The first-order chi connectivity index (χ1) is 7.76. The zero-order valence-corrected chi connectivity index (χ0v) is 12.0. The van der Waals surface area contributed by atoms with Crippen LogP contribution in [0.1, 0.15) is 40.0 Å². The van der Waals surface area contributed by atoms with Crippen LogP contribution in [0.3, 0.4) is 0 Å². The number of hydrogen-bond donors (Lipinski definition) is 2. The second-order valence-corrected chi connectivity index (χ2v) is 5.93. The number of nitrogens with two attached hydrogens (primary N) is 1. The van der Waals surface area contributed by atoms with Gasteiger partial charge >= 0.3 is 0 Å². The average molecular weight is 243 g/mol. The van der Waals surface area contributed by atoms with Gasteiger partial charge in [0.2, 0.25) is 5.91 Å². The smallest absolute Gasteiger partial charge is 0.220 e. The minimum atomic E-state index is 0.143. The Bertz CT molecular complexity index is 227. The highest BCUT2D eigenvalue weighted by Crippen LogP contribution is 2.25. The lowest BCUT2D eigenvalue weighted by molar-refractivity contribution is -0.122. The maximum absolute atomic E-state index is 11.7. The van der Waals surface area contributed by atoms with Crippen LogP contribution < -0.4 is 11.1 Å². The third-order valence-electron chi connectivity index (χ3n) is 2.90. The van der Waals surface area contributed by atoms with Gasteiger partial charge in [0.25, 0.3) is 0 Å². The van der Waals surface area contributed by atoms with Crippen LogP contribution in [0.15, 0.2) is 0 Å². The van der Waals surface area contributed by atoms with E-state index in [1.807, 2.05) is 21.0 Å². The molecule has 4 heteroatoms. The number of hydrogen-bond acceptors (Lipinski definition) is 3. The van der Waals surface area contributed by atoms with Gasteiger partial charge in [-0.2, -0.15) is 0 Å². The third kappa shape index (κ3) is 9.12. The third-order valence-corrected chi connectivity index (χ3v) is 2.90. The van der Waals surface area contributed by atoms with Crippen molar-refractivity contribution in [3.63, 3.8) is 0 Å². The van der Waals surface area contributed by atoms with Crippen molar-refractivity contribution >= 4 is 5.91 Å². The predicted molar refractivity (Wildman–Crippen MR) is 72.8 cm³/mol. The van der Waals surface area contributed by atoms with E-state index < -0.39 is 0 Å². The van der Waals surface area contributed by atoms with Crippen molar-refractivity contribution in [3.05, 3.63) is 0 Å². The Morgan fingerprint density at radius 2 is 1.94 bits per heavy atom. The zero-order chi connectivity index (χ0) is 13.5. The van der Waals surface area contributed by atoms with Crippen LogP contribution >= 0.6 is 0 Å². The Hall–Kier alpha value is -0.610. The number of amides is 1. The molecule has 0 aliphatic heterocycles. The van der Waals surface area contributed by atoms with Gasteiger partial charge in [-0.05, 0) is 45.8 Å². The molecule has 0 saturated heterocycles. The first kappa shape index (κ1) is 16.4. The lowest BCUT2D eigenvalue weighted by Crippen LogP contribution is -2.39. The molecule has 1 atom stereocenters. The van der Waals surface area contributed by atoms with Gasteiger partial charge < -0.3 is 16.0 Å². The lowest BCUT2D eigenvalue weighted by atomic mass is 9.84. The summed E-state index contributed by atoms with van der Waals surface area (Å²) in [5.74, 6) is 0.143. The van der Waals surface area contributed by atoms with Crippen LogP contribution in [0.25, 0.3) is 0 Å². The van der Waals surface area contributed by atoms with Crippen molar-refractivity contribution in [2.24, 2.45) is 11.1 Å². The summed E-state index contributed by atoms with van der Waals surface area (Å²) in [6.45, 7) is 7.92. The Kier molecular flexibility index (Phi) is 7.39. The fourth-order valence-electron chi connectivity index (χ4n) is 1.91. The molecule has 0 saturated carbocycles. The molecule has 0 aliphatic rings. The zero-order valence-electron chi connectivity index (χ0n) is 12.0. The summed E-state index contributed by atoms with van der Waals surface area (Å²) < 4.78 is 0. The number of likely N-dealkylation sites (N-methyl/N-ethyl adjacent to an activating group) is 1. The molecule has 0 aromatic carbocycles. The fraction of sp³-hybridized carbons (Fsp3) is 0.923. The minimum Gasteiger partial charge on any atom is -0.352 e. The van der Waals surface area contributed by atoms with Gasteiger partial charge in [0.05, 0.1) is 0 Å². The Balaban J connectivity index is 3.87. The largest absolute Gasteiger partial charge is 0.352 e. The molecule has 0 fully saturated rings. The van der Waals surface area contributed by atoms with Gasteiger partial charge in [-0.3, -0.25) is 4.79 Å². The normalized spacial score (nSPS) is 13.8. The molecule has 0 aromatic rings. The molecule has 0 heterocycles. The number of carbonyl (C=O) groups is 1. The molecule has 102 valence electrons. The first-order valence-electron chi connectivity index (χ1n) is 6.41. The molecular formula is C13H29N3O. The SMILES string of the molecule is CC(CN(C)C)NC(=O)CCC(C)(C)CCN. The predicted octanol–water partition coefficient (Wildman–Crippen LogP) is 1.21. The topological polar surface area (TPSA) is 58.4 Å². The monoisotopic (exact) mass is 243 g/mol. The van der Waals surface area contributed by atoms with E-state index in [1.54, 1.807) is 0 Å². The van der Waals surface area contributed by atoms with Gasteiger partial charge in [0.1, 0.15) is 0 Å². The molecular weight excluding hydrogens is 214 g/mol.